The highest BCUT2D eigenvalue weighted by molar-refractivity contribution is 6.10. The second-order valence-electron chi connectivity index (χ2n) is 8.31. The quantitative estimate of drug-likeness (QED) is 0.158. The number of aromatic hydroxyl groups is 2. The van der Waals surface area contributed by atoms with Crippen molar-refractivity contribution in [3.05, 3.63) is 111 Å². The molecular formula is C30H27NO10. The fourth-order valence-corrected chi connectivity index (χ4v) is 3.66. The van der Waals surface area contributed by atoms with Gasteiger partial charge >= 0.3 is 5.69 Å². The van der Waals surface area contributed by atoms with Gasteiger partial charge in [-0.2, -0.15) is 0 Å². The van der Waals surface area contributed by atoms with Gasteiger partial charge in [0.25, 0.3) is 0 Å². The van der Waals surface area contributed by atoms with Crippen molar-refractivity contribution in [1.82, 2.24) is 0 Å². The number of benzene rings is 4. The molecule has 0 bridgehead atoms. The third kappa shape index (κ3) is 7.09. The average Bonchev–Trinajstić information content (AvgIpc) is 3.01. The minimum atomic E-state index is -0.775. The summed E-state index contributed by atoms with van der Waals surface area (Å²) in [6.45, 7) is 0. The van der Waals surface area contributed by atoms with Gasteiger partial charge in [0, 0.05) is 28.3 Å². The summed E-state index contributed by atoms with van der Waals surface area (Å²) >= 11 is 0. The van der Waals surface area contributed by atoms with E-state index in [0.717, 1.165) is 6.07 Å². The third-order valence-corrected chi connectivity index (χ3v) is 5.88. The maximum Gasteiger partial charge on any atom is 0.315 e. The van der Waals surface area contributed by atoms with Crippen LogP contribution >= 0.6 is 0 Å². The zero-order chi connectivity index (χ0) is 30.1. The Labute approximate surface area is 235 Å². The van der Waals surface area contributed by atoms with E-state index in [2.05, 4.69) is 0 Å². The van der Waals surface area contributed by atoms with Crippen molar-refractivity contribution in [3.63, 3.8) is 0 Å². The Morgan fingerprint density at radius 3 is 1.49 bits per heavy atom. The first-order valence-corrected chi connectivity index (χ1v) is 11.9. The van der Waals surface area contributed by atoms with Gasteiger partial charge in [-0.15, -0.1) is 0 Å². The van der Waals surface area contributed by atoms with E-state index in [9.17, 15) is 29.9 Å². The summed E-state index contributed by atoms with van der Waals surface area (Å²) < 4.78 is 19.9. The van der Waals surface area contributed by atoms with E-state index >= 15 is 0 Å². The minimum Gasteiger partial charge on any atom is -0.504 e. The predicted molar refractivity (Wildman–Crippen MR) is 149 cm³/mol. The molecule has 2 N–H and O–H groups in total. The number of ether oxygens (including phenoxy) is 4. The van der Waals surface area contributed by atoms with E-state index in [1.807, 2.05) is 0 Å². The van der Waals surface area contributed by atoms with E-state index < -0.39 is 22.1 Å². The van der Waals surface area contributed by atoms with Crippen LogP contribution in [0.25, 0.3) is 0 Å². The highest BCUT2D eigenvalue weighted by atomic mass is 16.6. The topological polar surface area (TPSA) is 155 Å². The summed E-state index contributed by atoms with van der Waals surface area (Å²) in [6, 6.07) is 20.0. The van der Waals surface area contributed by atoms with Gasteiger partial charge in [-0.05, 0) is 72.8 Å². The Morgan fingerprint density at radius 1 is 0.610 bits per heavy atom. The lowest BCUT2D eigenvalue weighted by atomic mass is 10.0. The van der Waals surface area contributed by atoms with Crippen LogP contribution < -0.4 is 18.9 Å². The molecule has 11 heteroatoms. The fourth-order valence-electron chi connectivity index (χ4n) is 3.66. The monoisotopic (exact) mass is 561 g/mol. The highest BCUT2D eigenvalue weighted by Gasteiger charge is 2.23. The van der Waals surface area contributed by atoms with Crippen molar-refractivity contribution in [2.75, 3.05) is 28.4 Å². The molecule has 0 saturated heterocycles. The second kappa shape index (κ2) is 13.5. The van der Waals surface area contributed by atoms with Crippen molar-refractivity contribution in [3.8, 4) is 34.5 Å². The Hall–Kier alpha value is -5.58. The molecule has 0 amide bonds. The number of carbonyl (C=O) groups is 2. The molecule has 0 unspecified atom stereocenters. The molecule has 0 aliphatic heterocycles. The van der Waals surface area contributed by atoms with E-state index in [4.69, 9.17) is 18.9 Å². The van der Waals surface area contributed by atoms with Gasteiger partial charge in [-0.3, -0.25) is 19.7 Å². The molecule has 41 heavy (non-hydrogen) atoms. The van der Waals surface area contributed by atoms with Crippen LogP contribution in [0.1, 0.15) is 31.8 Å². The van der Waals surface area contributed by atoms with Crippen molar-refractivity contribution in [1.29, 1.82) is 0 Å². The smallest absolute Gasteiger partial charge is 0.315 e. The van der Waals surface area contributed by atoms with Crippen LogP contribution in [0.5, 0.6) is 34.5 Å². The number of hydrogen-bond donors (Lipinski definition) is 2. The van der Waals surface area contributed by atoms with Crippen molar-refractivity contribution in [2.24, 2.45) is 0 Å². The van der Waals surface area contributed by atoms with Gasteiger partial charge in [-0.1, -0.05) is 0 Å². The van der Waals surface area contributed by atoms with Crippen LogP contribution in [0.4, 0.5) is 5.69 Å². The summed E-state index contributed by atoms with van der Waals surface area (Å²) in [6.07, 6.45) is 0. The highest BCUT2D eigenvalue weighted by Crippen LogP contribution is 2.37. The molecular weight excluding hydrogens is 534 g/mol. The minimum absolute atomic E-state index is 0.00813. The van der Waals surface area contributed by atoms with Gasteiger partial charge in [0.15, 0.2) is 28.8 Å². The summed E-state index contributed by atoms with van der Waals surface area (Å²) in [4.78, 5) is 34.8. The number of rotatable bonds is 9. The van der Waals surface area contributed by atoms with Crippen LogP contribution in [0.2, 0.25) is 0 Å². The maximum atomic E-state index is 12.4. The molecule has 212 valence electrons. The lowest BCUT2D eigenvalue weighted by molar-refractivity contribution is -0.386. The normalized spacial score (nSPS) is 10.0. The summed E-state index contributed by atoms with van der Waals surface area (Å²) in [7, 11) is 5.77. The number of nitro groups is 1. The fraction of sp³-hybridized carbons (Fsp3) is 0.133. The summed E-state index contributed by atoms with van der Waals surface area (Å²) in [5.41, 5.74) is 0.805. The lowest BCUT2D eigenvalue weighted by Gasteiger charge is -2.07. The zero-order valence-electron chi connectivity index (χ0n) is 22.6. The molecule has 0 saturated carbocycles. The molecule has 4 aromatic rings. The van der Waals surface area contributed by atoms with E-state index in [1.165, 1.54) is 39.5 Å². The SMILES string of the molecule is COc1ccc(C(=O)c2cc(OC)c(O)c([N+](=O)[O-])c2)cc1.COc1ccc(C(=O)c2ccc(O)c(OC)c2)cc1. The molecule has 0 fully saturated rings. The number of carbonyl (C=O) groups excluding carboxylic acids is 2. The lowest BCUT2D eigenvalue weighted by Crippen LogP contribution is -2.03. The standard InChI is InChI=1S/C15H13NO6.C15H14O4/c1-21-11-5-3-9(4-6-11)14(17)10-7-12(16(19)20)15(18)13(8-10)22-2;1-18-12-6-3-10(4-7-12)15(17)11-5-8-13(16)14(9-11)19-2/h3-8,18H,1-2H3;3-9,16H,1-2H3. The Balaban J connectivity index is 0.000000228. The van der Waals surface area contributed by atoms with Gasteiger partial charge in [0.1, 0.15) is 11.5 Å². The predicted octanol–water partition coefficient (Wildman–Crippen LogP) is 5.19. The van der Waals surface area contributed by atoms with Gasteiger partial charge in [-0.25, -0.2) is 0 Å². The molecule has 0 radical (unpaired) electrons. The number of ketones is 2. The zero-order valence-corrected chi connectivity index (χ0v) is 22.6. The molecule has 4 rings (SSSR count). The van der Waals surface area contributed by atoms with Crippen LogP contribution in [0.15, 0.2) is 78.9 Å². The number of nitro benzene ring substituents is 1. The number of nitrogens with zero attached hydrogens (tertiary/aromatic N) is 1. The second-order valence-corrected chi connectivity index (χ2v) is 8.31. The molecule has 0 aromatic heterocycles. The average molecular weight is 562 g/mol. The molecule has 0 spiro atoms. The first-order valence-electron chi connectivity index (χ1n) is 11.9. The maximum absolute atomic E-state index is 12.4. The third-order valence-electron chi connectivity index (χ3n) is 5.88. The van der Waals surface area contributed by atoms with E-state index in [0.29, 0.717) is 28.2 Å². The number of methoxy groups -OCH3 is 4. The number of phenolic OH excluding ortho intramolecular Hbond substituents is 2. The van der Waals surface area contributed by atoms with E-state index in [-0.39, 0.29) is 28.6 Å². The molecule has 4 aromatic carbocycles. The van der Waals surface area contributed by atoms with Gasteiger partial charge < -0.3 is 29.2 Å². The summed E-state index contributed by atoms with van der Waals surface area (Å²) in [5, 5.41) is 30.2. The molecule has 0 aliphatic carbocycles. The Kier molecular flexibility index (Phi) is 9.85. The molecule has 0 heterocycles. The van der Waals surface area contributed by atoms with Crippen LogP contribution in [-0.2, 0) is 0 Å². The first-order chi connectivity index (χ1) is 19.6. The first kappa shape index (κ1) is 30.0. The Morgan fingerprint density at radius 2 is 1.05 bits per heavy atom. The summed E-state index contributed by atoms with van der Waals surface area (Å²) in [5.74, 6) is 0.258. The van der Waals surface area contributed by atoms with Crippen molar-refractivity contribution >= 4 is 17.3 Å². The van der Waals surface area contributed by atoms with Gasteiger partial charge in [0.2, 0.25) is 5.75 Å². The van der Waals surface area contributed by atoms with Crippen molar-refractivity contribution in [2.45, 2.75) is 0 Å². The van der Waals surface area contributed by atoms with Crippen molar-refractivity contribution < 1.29 is 43.7 Å². The molecule has 11 nitrogen and oxygen atoms in total. The van der Waals surface area contributed by atoms with Crippen LogP contribution in [0.3, 0.4) is 0 Å². The molecule has 0 atom stereocenters. The molecule has 0 aliphatic rings. The number of phenols is 2. The van der Waals surface area contributed by atoms with Crippen LogP contribution in [0, 0.1) is 10.1 Å². The van der Waals surface area contributed by atoms with E-state index in [1.54, 1.807) is 61.7 Å². The van der Waals surface area contributed by atoms with Gasteiger partial charge in [0.05, 0.1) is 33.4 Å². The largest absolute Gasteiger partial charge is 0.504 e. The number of hydrogen-bond acceptors (Lipinski definition) is 10. The Bertz CT molecular complexity index is 1550. The van der Waals surface area contributed by atoms with Crippen LogP contribution in [-0.4, -0.2) is 55.1 Å².